The zero-order chi connectivity index (χ0) is 21.5. The molecule has 0 radical (unpaired) electrons. The maximum absolute atomic E-state index is 13.4. The summed E-state index contributed by atoms with van der Waals surface area (Å²) < 4.78 is 19.1. The van der Waals surface area contributed by atoms with Gasteiger partial charge in [0.25, 0.3) is 5.91 Å². The molecule has 0 saturated heterocycles. The van der Waals surface area contributed by atoms with Crippen molar-refractivity contribution in [3.05, 3.63) is 99.8 Å². The van der Waals surface area contributed by atoms with Crippen molar-refractivity contribution in [3.8, 4) is 11.8 Å². The molecule has 0 aliphatic heterocycles. The number of ether oxygens (including phenoxy) is 1. The van der Waals surface area contributed by atoms with Gasteiger partial charge < -0.3 is 10.1 Å². The van der Waals surface area contributed by atoms with E-state index in [-0.39, 0.29) is 18.0 Å². The fourth-order valence-electron chi connectivity index (χ4n) is 2.69. The third-order valence-corrected chi connectivity index (χ3v) is 4.46. The molecule has 0 bridgehead atoms. The number of hydrogen-bond acceptors (Lipinski definition) is 3. The molecule has 1 amide bonds. The number of benzene rings is 3. The molecule has 3 rings (SSSR count). The largest absolute Gasteiger partial charge is 0.488 e. The Balaban J connectivity index is 1.82. The van der Waals surface area contributed by atoms with Gasteiger partial charge in [-0.3, -0.25) is 4.79 Å². The number of aryl methyl sites for hydroxylation is 1. The van der Waals surface area contributed by atoms with Crippen LogP contribution in [0.3, 0.4) is 0 Å². The molecule has 3 aromatic rings. The molecule has 0 atom stereocenters. The second-order valence-corrected chi connectivity index (χ2v) is 7.03. The highest BCUT2D eigenvalue weighted by Crippen LogP contribution is 2.26. The minimum Gasteiger partial charge on any atom is -0.488 e. The molecule has 0 fully saturated rings. The Morgan fingerprint density at radius 1 is 1.17 bits per heavy atom. The van der Waals surface area contributed by atoms with Crippen LogP contribution in [0.1, 0.15) is 16.7 Å². The minimum absolute atomic E-state index is 0.103. The molecule has 0 saturated carbocycles. The Bertz CT molecular complexity index is 1130. The SMILES string of the molecule is Cc1ccc(NC(=O)/C(C#N)=C/c2cc(Cl)ccc2OCc2cccc(F)c2)cc1. The van der Waals surface area contributed by atoms with Crippen LogP contribution in [0.25, 0.3) is 6.08 Å². The lowest BCUT2D eigenvalue weighted by molar-refractivity contribution is -0.112. The second-order valence-electron chi connectivity index (χ2n) is 6.59. The van der Waals surface area contributed by atoms with Crippen LogP contribution in [-0.2, 0) is 11.4 Å². The smallest absolute Gasteiger partial charge is 0.266 e. The van der Waals surface area contributed by atoms with Crippen LogP contribution in [0.15, 0.2) is 72.3 Å². The van der Waals surface area contributed by atoms with E-state index in [1.54, 1.807) is 42.5 Å². The summed E-state index contributed by atoms with van der Waals surface area (Å²) in [5.41, 5.74) is 2.66. The lowest BCUT2D eigenvalue weighted by Gasteiger charge is -2.11. The van der Waals surface area contributed by atoms with E-state index in [1.807, 2.05) is 25.1 Å². The monoisotopic (exact) mass is 420 g/mol. The van der Waals surface area contributed by atoms with Gasteiger partial charge in [-0.05, 0) is 61.0 Å². The summed E-state index contributed by atoms with van der Waals surface area (Å²) in [6.45, 7) is 2.06. The second kappa shape index (κ2) is 9.73. The van der Waals surface area contributed by atoms with Gasteiger partial charge in [0.1, 0.15) is 29.8 Å². The van der Waals surface area contributed by atoms with Crippen molar-refractivity contribution < 1.29 is 13.9 Å². The van der Waals surface area contributed by atoms with E-state index < -0.39 is 5.91 Å². The number of carbonyl (C=O) groups is 1. The molecular weight excluding hydrogens is 403 g/mol. The van der Waals surface area contributed by atoms with Gasteiger partial charge >= 0.3 is 0 Å². The van der Waals surface area contributed by atoms with Crippen molar-refractivity contribution >= 4 is 29.3 Å². The zero-order valence-corrected chi connectivity index (χ0v) is 16.9. The summed E-state index contributed by atoms with van der Waals surface area (Å²) >= 11 is 6.09. The van der Waals surface area contributed by atoms with E-state index in [1.165, 1.54) is 18.2 Å². The van der Waals surface area contributed by atoms with Crippen LogP contribution in [0.5, 0.6) is 5.75 Å². The van der Waals surface area contributed by atoms with Crippen LogP contribution in [0, 0.1) is 24.1 Å². The summed E-state index contributed by atoms with van der Waals surface area (Å²) in [6.07, 6.45) is 1.41. The van der Waals surface area contributed by atoms with Gasteiger partial charge in [0, 0.05) is 16.3 Å². The first-order chi connectivity index (χ1) is 14.4. The average Bonchev–Trinajstić information content (AvgIpc) is 2.73. The molecule has 0 aliphatic carbocycles. The molecule has 0 aliphatic rings. The number of nitrogens with zero attached hydrogens (tertiary/aromatic N) is 1. The van der Waals surface area contributed by atoms with Gasteiger partial charge in [-0.2, -0.15) is 5.26 Å². The van der Waals surface area contributed by atoms with E-state index >= 15 is 0 Å². The van der Waals surface area contributed by atoms with E-state index in [0.717, 1.165) is 5.56 Å². The van der Waals surface area contributed by atoms with E-state index in [4.69, 9.17) is 16.3 Å². The number of nitrogens with one attached hydrogen (secondary N) is 1. The van der Waals surface area contributed by atoms with Crippen molar-refractivity contribution in [1.29, 1.82) is 5.26 Å². The van der Waals surface area contributed by atoms with Gasteiger partial charge in [0.15, 0.2) is 0 Å². The summed E-state index contributed by atoms with van der Waals surface area (Å²) in [5.74, 6) is -0.483. The molecule has 30 heavy (non-hydrogen) atoms. The summed E-state index contributed by atoms with van der Waals surface area (Å²) in [5, 5.41) is 12.6. The Morgan fingerprint density at radius 3 is 2.63 bits per heavy atom. The Kier molecular flexibility index (Phi) is 6.84. The van der Waals surface area contributed by atoms with E-state index in [9.17, 15) is 14.4 Å². The quantitative estimate of drug-likeness (QED) is 0.398. The van der Waals surface area contributed by atoms with Crippen molar-refractivity contribution in [2.75, 3.05) is 5.32 Å². The topological polar surface area (TPSA) is 62.1 Å². The normalized spacial score (nSPS) is 10.9. The predicted octanol–water partition coefficient (Wildman–Crippen LogP) is 5.91. The first-order valence-corrected chi connectivity index (χ1v) is 9.49. The van der Waals surface area contributed by atoms with Gasteiger partial charge in [-0.15, -0.1) is 0 Å². The molecular formula is C24H18ClFN2O2. The van der Waals surface area contributed by atoms with Crippen LogP contribution < -0.4 is 10.1 Å². The zero-order valence-electron chi connectivity index (χ0n) is 16.2. The number of hydrogen-bond donors (Lipinski definition) is 1. The predicted molar refractivity (Wildman–Crippen MR) is 116 cm³/mol. The molecule has 4 nitrogen and oxygen atoms in total. The molecule has 3 aromatic carbocycles. The van der Waals surface area contributed by atoms with Gasteiger partial charge in [0.2, 0.25) is 0 Å². The summed E-state index contributed by atoms with van der Waals surface area (Å²) in [6, 6.07) is 20.1. The summed E-state index contributed by atoms with van der Waals surface area (Å²) in [4.78, 5) is 12.5. The van der Waals surface area contributed by atoms with E-state index in [0.29, 0.717) is 27.6 Å². The molecule has 0 unspecified atom stereocenters. The molecule has 150 valence electrons. The first kappa shape index (κ1) is 21.1. The third-order valence-electron chi connectivity index (χ3n) is 4.23. The molecule has 0 aromatic heterocycles. The maximum Gasteiger partial charge on any atom is 0.266 e. The molecule has 6 heteroatoms. The van der Waals surface area contributed by atoms with Crippen LogP contribution in [-0.4, -0.2) is 5.91 Å². The third kappa shape index (κ3) is 5.69. The highest BCUT2D eigenvalue weighted by atomic mass is 35.5. The lowest BCUT2D eigenvalue weighted by atomic mass is 10.1. The van der Waals surface area contributed by atoms with Crippen LogP contribution >= 0.6 is 11.6 Å². The Hall–Kier alpha value is -3.62. The Labute approximate surface area is 179 Å². The van der Waals surface area contributed by atoms with Crippen molar-refractivity contribution in [2.24, 2.45) is 0 Å². The van der Waals surface area contributed by atoms with Gasteiger partial charge in [-0.1, -0.05) is 41.4 Å². The molecule has 1 N–H and O–H groups in total. The van der Waals surface area contributed by atoms with E-state index in [2.05, 4.69) is 5.32 Å². The Morgan fingerprint density at radius 2 is 1.93 bits per heavy atom. The maximum atomic E-state index is 13.4. The number of anilines is 1. The number of halogens is 2. The van der Waals surface area contributed by atoms with Crippen molar-refractivity contribution in [1.82, 2.24) is 0 Å². The highest BCUT2D eigenvalue weighted by Gasteiger charge is 2.12. The van der Waals surface area contributed by atoms with Crippen LogP contribution in [0.2, 0.25) is 5.02 Å². The molecule has 0 spiro atoms. The van der Waals surface area contributed by atoms with Gasteiger partial charge in [0.05, 0.1) is 0 Å². The number of nitriles is 1. The number of rotatable bonds is 6. The highest BCUT2D eigenvalue weighted by molar-refractivity contribution is 6.30. The van der Waals surface area contributed by atoms with Gasteiger partial charge in [-0.25, -0.2) is 4.39 Å². The summed E-state index contributed by atoms with van der Waals surface area (Å²) in [7, 11) is 0. The number of carbonyl (C=O) groups excluding carboxylic acids is 1. The minimum atomic E-state index is -0.544. The van der Waals surface area contributed by atoms with Crippen molar-refractivity contribution in [2.45, 2.75) is 13.5 Å². The number of amides is 1. The average molecular weight is 421 g/mol. The van der Waals surface area contributed by atoms with Crippen molar-refractivity contribution in [3.63, 3.8) is 0 Å². The van der Waals surface area contributed by atoms with Crippen LogP contribution in [0.4, 0.5) is 10.1 Å². The molecule has 0 heterocycles. The fourth-order valence-corrected chi connectivity index (χ4v) is 2.87. The first-order valence-electron chi connectivity index (χ1n) is 9.11. The standard InChI is InChI=1S/C24H18ClFN2O2/c1-16-5-8-22(9-6-16)28-24(29)19(14-27)12-18-13-20(25)7-10-23(18)30-15-17-3-2-4-21(26)11-17/h2-13H,15H2,1H3,(H,28,29)/b19-12+. The lowest BCUT2D eigenvalue weighted by Crippen LogP contribution is -2.13. The fraction of sp³-hybridized carbons (Fsp3) is 0.0833.